The molecule has 0 spiro atoms. The van der Waals surface area contributed by atoms with Crippen LogP contribution in [-0.2, 0) is 0 Å². The van der Waals surface area contributed by atoms with Crippen molar-refractivity contribution in [1.29, 1.82) is 0 Å². The molecule has 2 aromatic rings. The van der Waals surface area contributed by atoms with E-state index in [1.54, 1.807) is 30.3 Å². The third-order valence-corrected chi connectivity index (χ3v) is 3.32. The zero-order chi connectivity index (χ0) is 15.9. The lowest BCUT2D eigenvalue weighted by molar-refractivity contribution is 0.102. The van der Waals surface area contributed by atoms with Crippen LogP contribution in [0.1, 0.15) is 35.7 Å². The van der Waals surface area contributed by atoms with Crippen molar-refractivity contribution < 1.29 is 9.53 Å². The summed E-state index contributed by atoms with van der Waals surface area (Å²) < 4.78 is 5.41. The molecule has 1 N–H and O–H groups in total. The maximum atomic E-state index is 12.3. The first kappa shape index (κ1) is 15.8. The van der Waals surface area contributed by atoms with Gasteiger partial charge in [-0.25, -0.2) is 0 Å². The van der Waals surface area contributed by atoms with Crippen LogP contribution in [0.2, 0.25) is 0 Å². The fourth-order valence-corrected chi connectivity index (χ4v) is 2.17. The van der Waals surface area contributed by atoms with Crippen molar-refractivity contribution in [2.45, 2.75) is 19.8 Å². The minimum atomic E-state index is -0.122. The van der Waals surface area contributed by atoms with Gasteiger partial charge in [-0.3, -0.25) is 4.79 Å². The largest absolute Gasteiger partial charge is 0.490 e. The van der Waals surface area contributed by atoms with Crippen molar-refractivity contribution >= 4 is 11.6 Å². The number of benzene rings is 2. The second-order valence-corrected chi connectivity index (χ2v) is 5.32. The van der Waals surface area contributed by atoms with Crippen molar-refractivity contribution in [3.05, 3.63) is 72.3 Å². The fraction of sp³-hybridized carbons (Fsp3) is 0.211. The Bertz CT molecular complexity index is 645. The predicted molar refractivity (Wildman–Crippen MR) is 90.6 cm³/mol. The molecule has 3 nitrogen and oxygen atoms in total. The van der Waals surface area contributed by atoms with Gasteiger partial charge in [-0.15, -0.1) is 0 Å². The lowest BCUT2D eigenvalue weighted by Crippen LogP contribution is -2.13. The third-order valence-electron chi connectivity index (χ3n) is 3.32. The van der Waals surface area contributed by atoms with Gasteiger partial charge in [-0.2, -0.15) is 0 Å². The highest BCUT2D eigenvalue weighted by molar-refractivity contribution is 6.04. The average molecular weight is 295 g/mol. The number of rotatable bonds is 6. The van der Waals surface area contributed by atoms with E-state index >= 15 is 0 Å². The number of hydrogen-bond acceptors (Lipinski definition) is 2. The summed E-state index contributed by atoms with van der Waals surface area (Å²) in [7, 11) is 0. The Balaban J connectivity index is 2.11. The van der Waals surface area contributed by atoms with E-state index in [1.165, 1.54) is 0 Å². The molecule has 0 saturated heterocycles. The van der Waals surface area contributed by atoms with Gasteiger partial charge in [0.15, 0.2) is 0 Å². The van der Waals surface area contributed by atoms with Gasteiger partial charge in [0.05, 0.1) is 0 Å². The highest BCUT2D eigenvalue weighted by Gasteiger charge is 2.10. The summed E-state index contributed by atoms with van der Waals surface area (Å²) >= 11 is 0. The van der Waals surface area contributed by atoms with Crippen molar-refractivity contribution in [1.82, 2.24) is 0 Å². The first-order valence-corrected chi connectivity index (χ1v) is 7.36. The van der Waals surface area contributed by atoms with Gasteiger partial charge in [0.25, 0.3) is 5.91 Å². The summed E-state index contributed by atoms with van der Waals surface area (Å²) in [4.78, 5) is 12.3. The maximum Gasteiger partial charge on any atom is 0.255 e. The van der Waals surface area contributed by atoms with Gasteiger partial charge < -0.3 is 10.1 Å². The van der Waals surface area contributed by atoms with Crippen LogP contribution in [0.5, 0.6) is 5.75 Å². The third kappa shape index (κ3) is 3.98. The Hall–Kier alpha value is -2.55. The Labute approximate surface area is 131 Å². The Morgan fingerprint density at radius 3 is 2.50 bits per heavy atom. The summed E-state index contributed by atoms with van der Waals surface area (Å²) in [6.45, 7) is 8.27. The molecule has 0 saturated carbocycles. The molecule has 0 unspecified atom stereocenters. The number of para-hydroxylation sites is 1. The summed E-state index contributed by atoms with van der Waals surface area (Å²) in [6.07, 6.45) is 1.68. The van der Waals surface area contributed by atoms with Gasteiger partial charge in [0.1, 0.15) is 12.4 Å². The molecule has 1 amide bonds. The highest BCUT2D eigenvalue weighted by Crippen LogP contribution is 2.24. The standard InChI is InChI=1S/C19H21NO2/c1-4-13-22-16-11-9-15(10-12-16)19(21)20-18-8-6-5-7-17(18)14(2)3/h4-12,14H,1,13H2,2-3H3,(H,20,21). The van der Waals surface area contributed by atoms with Crippen molar-refractivity contribution in [2.24, 2.45) is 0 Å². The zero-order valence-corrected chi connectivity index (χ0v) is 13.0. The van der Waals surface area contributed by atoms with E-state index in [-0.39, 0.29) is 5.91 Å². The summed E-state index contributed by atoms with van der Waals surface area (Å²) in [5.74, 6) is 0.952. The number of carbonyl (C=O) groups excluding carboxylic acids is 1. The molecule has 0 aliphatic rings. The number of carbonyl (C=O) groups is 1. The molecule has 0 fully saturated rings. The molecule has 0 aromatic heterocycles. The van der Waals surface area contributed by atoms with Crippen LogP contribution in [0.3, 0.4) is 0 Å². The van der Waals surface area contributed by atoms with Crippen LogP contribution in [0.15, 0.2) is 61.2 Å². The van der Waals surface area contributed by atoms with Crippen LogP contribution >= 0.6 is 0 Å². The molecular formula is C19H21NO2. The van der Waals surface area contributed by atoms with E-state index in [0.717, 1.165) is 17.0 Å². The predicted octanol–water partition coefficient (Wildman–Crippen LogP) is 4.63. The van der Waals surface area contributed by atoms with E-state index in [2.05, 4.69) is 25.7 Å². The number of nitrogens with one attached hydrogen (secondary N) is 1. The molecule has 2 rings (SSSR count). The highest BCUT2D eigenvalue weighted by atomic mass is 16.5. The Morgan fingerprint density at radius 1 is 1.18 bits per heavy atom. The lowest BCUT2D eigenvalue weighted by atomic mass is 10.0. The molecule has 114 valence electrons. The fourth-order valence-electron chi connectivity index (χ4n) is 2.17. The van der Waals surface area contributed by atoms with E-state index in [4.69, 9.17) is 4.74 Å². The molecule has 3 heteroatoms. The average Bonchev–Trinajstić information content (AvgIpc) is 2.53. The number of ether oxygens (including phenoxy) is 1. The number of amides is 1. The van der Waals surface area contributed by atoms with Crippen LogP contribution in [0, 0.1) is 0 Å². The summed E-state index contributed by atoms with van der Waals surface area (Å²) in [5, 5.41) is 2.97. The Kier molecular flexibility index (Phi) is 5.37. The lowest BCUT2D eigenvalue weighted by Gasteiger charge is -2.13. The van der Waals surface area contributed by atoms with Crippen LogP contribution in [0.4, 0.5) is 5.69 Å². The Morgan fingerprint density at radius 2 is 1.86 bits per heavy atom. The normalized spacial score (nSPS) is 10.3. The van der Waals surface area contributed by atoms with Crippen molar-refractivity contribution in [3.8, 4) is 5.75 Å². The molecule has 0 aliphatic carbocycles. The molecule has 22 heavy (non-hydrogen) atoms. The molecule has 0 radical (unpaired) electrons. The molecule has 0 atom stereocenters. The van der Waals surface area contributed by atoms with E-state index in [1.807, 2.05) is 24.3 Å². The van der Waals surface area contributed by atoms with Gasteiger partial charge in [0, 0.05) is 11.3 Å². The monoisotopic (exact) mass is 295 g/mol. The maximum absolute atomic E-state index is 12.3. The smallest absolute Gasteiger partial charge is 0.255 e. The van der Waals surface area contributed by atoms with Crippen LogP contribution in [0.25, 0.3) is 0 Å². The molecule has 2 aromatic carbocycles. The second-order valence-electron chi connectivity index (χ2n) is 5.32. The van der Waals surface area contributed by atoms with Gasteiger partial charge in [-0.1, -0.05) is 44.7 Å². The molecule has 0 heterocycles. The summed E-state index contributed by atoms with van der Waals surface area (Å²) in [5.41, 5.74) is 2.58. The zero-order valence-electron chi connectivity index (χ0n) is 13.0. The van der Waals surface area contributed by atoms with Crippen LogP contribution < -0.4 is 10.1 Å². The van der Waals surface area contributed by atoms with Crippen molar-refractivity contribution in [3.63, 3.8) is 0 Å². The SMILES string of the molecule is C=CCOc1ccc(C(=O)Nc2ccccc2C(C)C)cc1. The van der Waals surface area contributed by atoms with Crippen LogP contribution in [-0.4, -0.2) is 12.5 Å². The molecular weight excluding hydrogens is 274 g/mol. The quantitative estimate of drug-likeness (QED) is 0.789. The summed E-state index contributed by atoms with van der Waals surface area (Å²) in [6, 6.07) is 14.9. The first-order chi connectivity index (χ1) is 10.6. The van der Waals surface area contributed by atoms with Crippen molar-refractivity contribution in [2.75, 3.05) is 11.9 Å². The van der Waals surface area contributed by atoms with Gasteiger partial charge in [-0.05, 0) is 41.8 Å². The first-order valence-electron chi connectivity index (χ1n) is 7.36. The van der Waals surface area contributed by atoms with E-state index < -0.39 is 0 Å². The minimum Gasteiger partial charge on any atom is -0.490 e. The van der Waals surface area contributed by atoms with E-state index in [0.29, 0.717) is 18.1 Å². The van der Waals surface area contributed by atoms with E-state index in [9.17, 15) is 4.79 Å². The number of hydrogen-bond donors (Lipinski definition) is 1. The second kappa shape index (κ2) is 7.46. The molecule has 0 aliphatic heterocycles. The minimum absolute atomic E-state index is 0.122. The van der Waals surface area contributed by atoms with Gasteiger partial charge in [0.2, 0.25) is 0 Å². The molecule has 0 bridgehead atoms. The number of anilines is 1. The van der Waals surface area contributed by atoms with Gasteiger partial charge >= 0.3 is 0 Å². The topological polar surface area (TPSA) is 38.3 Å².